The molecule has 1 radical (unpaired) electrons. The molecule has 0 aliphatic carbocycles. The number of carbonyl (C=O) groups is 2. The number of carbonyl (C=O) groups excluding carboxylic acids is 2. The minimum absolute atomic E-state index is 0. The summed E-state index contributed by atoms with van der Waals surface area (Å²) in [5.41, 5.74) is 0.442. The van der Waals surface area contributed by atoms with Crippen molar-refractivity contribution in [1.29, 1.82) is 0 Å². The van der Waals surface area contributed by atoms with Gasteiger partial charge in [0.2, 0.25) is 0 Å². The van der Waals surface area contributed by atoms with Crippen molar-refractivity contribution in [3.8, 4) is 0 Å². The molecule has 0 aliphatic rings. The predicted molar refractivity (Wildman–Crippen MR) is 107 cm³/mol. The smallest absolute Gasteiger partial charge is 0.545 e. The van der Waals surface area contributed by atoms with Gasteiger partial charge in [-0.25, -0.2) is 0 Å². The van der Waals surface area contributed by atoms with Crippen molar-refractivity contribution in [3.05, 3.63) is 96.1 Å². The maximum absolute atomic E-state index is 10.5. The van der Waals surface area contributed by atoms with Gasteiger partial charge in [0.25, 0.3) is 0 Å². The van der Waals surface area contributed by atoms with Gasteiger partial charge in [0.1, 0.15) is 0 Å². The van der Waals surface area contributed by atoms with Crippen LogP contribution in [0.1, 0.15) is 20.7 Å². The van der Waals surface area contributed by atoms with E-state index in [2.05, 4.69) is 0 Å². The predicted octanol–water partition coefficient (Wildman–Crippen LogP) is -0.0700. The minimum Gasteiger partial charge on any atom is -0.545 e. The third-order valence-corrected chi connectivity index (χ3v) is 3.97. The number of hydrogen-bond donors (Lipinski definition) is 0. The summed E-state index contributed by atoms with van der Waals surface area (Å²) in [5, 5.41) is 25.0. The molecular weight excluding hydrogens is 440 g/mol. The zero-order chi connectivity index (χ0) is 18.5. The van der Waals surface area contributed by atoms with E-state index in [-0.39, 0.29) is 44.6 Å². The van der Waals surface area contributed by atoms with Crippen molar-refractivity contribution in [1.82, 2.24) is 0 Å². The molecule has 8 heteroatoms. The molecule has 0 spiro atoms. The van der Waals surface area contributed by atoms with Crippen LogP contribution in [0.25, 0.3) is 21.5 Å². The largest absolute Gasteiger partial charge is 2.00 e. The maximum Gasteiger partial charge on any atom is 2.00 e. The van der Waals surface area contributed by atoms with E-state index in [1.807, 2.05) is 48.5 Å². The minimum atomic E-state index is -1.13. The molecule has 0 saturated heterocycles. The van der Waals surface area contributed by atoms with Crippen LogP contribution in [0.5, 0.6) is 0 Å². The van der Waals surface area contributed by atoms with E-state index in [1.54, 1.807) is 36.4 Å². The van der Waals surface area contributed by atoms with Crippen LogP contribution in [0.15, 0.2) is 84.9 Å². The van der Waals surface area contributed by atoms with Crippen molar-refractivity contribution in [2.24, 2.45) is 0 Å². The van der Waals surface area contributed by atoms with Crippen LogP contribution in [-0.2, 0) is 17.1 Å². The van der Waals surface area contributed by atoms with Crippen molar-refractivity contribution < 1.29 is 53.3 Å². The molecule has 7 nitrogen and oxygen atoms in total. The van der Waals surface area contributed by atoms with E-state index in [9.17, 15) is 19.8 Å². The fourth-order valence-corrected chi connectivity index (χ4v) is 2.63. The van der Waals surface area contributed by atoms with E-state index in [0.717, 1.165) is 21.5 Å². The van der Waals surface area contributed by atoms with Gasteiger partial charge in [-0.2, -0.15) is 0 Å². The van der Waals surface area contributed by atoms with Gasteiger partial charge >= 0.3 is 17.1 Å². The summed E-state index contributed by atoms with van der Waals surface area (Å²) >= 11 is 0. The first-order chi connectivity index (χ1) is 12.5. The summed E-state index contributed by atoms with van der Waals surface area (Å²) in [5.74, 6) is -2.27. The van der Waals surface area contributed by atoms with E-state index in [0.29, 0.717) is 0 Å². The SMILES string of the molecule is O.O.O.O=C([O-])c1ccc2ccccc2c1.O=C([O-])c1ccc2ccccc2c1.[Cu+2]. The van der Waals surface area contributed by atoms with Gasteiger partial charge in [0, 0.05) is 0 Å². The fraction of sp³-hybridized carbons (Fsp3) is 0. The van der Waals surface area contributed by atoms with Crippen molar-refractivity contribution in [2.45, 2.75) is 0 Å². The molecule has 0 unspecified atom stereocenters. The Hall–Kier alpha value is -3.26. The zero-order valence-electron chi connectivity index (χ0n) is 15.5. The van der Waals surface area contributed by atoms with Gasteiger partial charge in [-0.05, 0) is 44.8 Å². The molecule has 0 saturated carbocycles. The van der Waals surface area contributed by atoms with Crippen LogP contribution in [0.4, 0.5) is 0 Å². The standard InChI is InChI=1S/2C11H8O2.Cu.3H2O/c2*12-11(13)10-6-5-8-3-1-2-4-9(8)7-10;;;;/h2*1-7H,(H,12,13);;3*1H2/q;;+2;;;/p-2. The van der Waals surface area contributed by atoms with Crippen LogP contribution in [-0.4, -0.2) is 28.4 Å². The monoisotopic (exact) mass is 459 g/mol. The maximum atomic E-state index is 10.5. The Morgan fingerprint density at radius 1 is 0.500 bits per heavy atom. The summed E-state index contributed by atoms with van der Waals surface area (Å²) < 4.78 is 0. The number of carboxylic acids is 2. The summed E-state index contributed by atoms with van der Waals surface area (Å²) in [7, 11) is 0. The van der Waals surface area contributed by atoms with Crippen LogP contribution in [0.2, 0.25) is 0 Å². The van der Waals surface area contributed by atoms with E-state index < -0.39 is 11.9 Å². The molecule has 4 rings (SSSR count). The number of rotatable bonds is 2. The molecule has 0 atom stereocenters. The molecule has 0 aromatic heterocycles. The molecule has 161 valence electrons. The summed E-state index contributed by atoms with van der Waals surface area (Å²) in [6.07, 6.45) is 0. The summed E-state index contributed by atoms with van der Waals surface area (Å²) in [6.45, 7) is 0. The summed E-state index contributed by atoms with van der Waals surface area (Å²) in [4.78, 5) is 21.1. The third kappa shape index (κ3) is 6.97. The number of fused-ring (bicyclic) bond motifs is 2. The average molecular weight is 460 g/mol. The van der Waals surface area contributed by atoms with Crippen LogP contribution in [0.3, 0.4) is 0 Å². The summed E-state index contributed by atoms with van der Waals surface area (Å²) in [6, 6.07) is 25.1. The molecule has 4 aromatic carbocycles. The van der Waals surface area contributed by atoms with Gasteiger partial charge in [0.15, 0.2) is 0 Å². The van der Waals surface area contributed by atoms with Gasteiger partial charge in [-0.3, -0.25) is 0 Å². The molecule has 0 heterocycles. The first-order valence-corrected chi connectivity index (χ1v) is 7.95. The second-order valence-corrected chi connectivity index (χ2v) is 5.70. The van der Waals surface area contributed by atoms with Gasteiger partial charge < -0.3 is 36.2 Å². The molecule has 6 N–H and O–H groups in total. The molecule has 0 fully saturated rings. The quantitative estimate of drug-likeness (QED) is 0.381. The molecule has 4 aromatic rings. The van der Waals surface area contributed by atoms with Crippen molar-refractivity contribution in [2.75, 3.05) is 0 Å². The Labute approximate surface area is 183 Å². The second-order valence-electron chi connectivity index (χ2n) is 5.70. The first kappa shape index (κ1) is 28.9. The Morgan fingerprint density at radius 3 is 1.10 bits per heavy atom. The second kappa shape index (κ2) is 13.1. The zero-order valence-corrected chi connectivity index (χ0v) is 16.5. The van der Waals surface area contributed by atoms with Crippen molar-refractivity contribution >= 4 is 33.5 Å². The normalized spacial score (nSPS) is 8.80. The van der Waals surface area contributed by atoms with E-state index in [4.69, 9.17) is 0 Å². The average Bonchev–Trinajstić information content (AvgIpc) is 2.67. The van der Waals surface area contributed by atoms with Crippen LogP contribution in [0, 0.1) is 0 Å². The Morgan fingerprint density at radius 2 is 0.800 bits per heavy atom. The number of carboxylic acid groups (broad SMARTS) is 2. The first-order valence-electron chi connectivity index (χ1n) is 7.95. The number of aromatic carboxylic acids is 2. The fourth-order valence-electron chi connectivity index (χ4n) is 2.63. The third-order valence-electron chi connectivity index (χ3n) is 3.97. The molecule has 0 aliphatic heterocycles. The van der Waals surface area contributed by atoms with Crippen LogP contribution >= 0.6 is 0 Å². The molecule has 30 heavy (non-hydrogen) atoms. The van der Waals surface area contributed by atoms with Crippen LogP contribution < -0.4 is 10.2 Å². The van der Waals surface area contributed by atoms with Crippen molar-refractivity contribution in [3.63, 3.8) is 0 Å². The topological polar surface area (TPSA) is 175 Å². The van der Waals surface area contributed by atoms with Gasteiger partial charge in [-0.15, -0.1) is 0 Å². The molecular formula is C22H20CuO7. The van der Waals surface area contributed by atoms with E-state index in [1.165, 1.54) is 0 Å². The van der Waals surface area contributed by atoms with E-state index >= 15 is 0 Å². The van der Waals surface area contributed by atoms with Gasteiger partial charge in [-0.1, -0.05) is 72.8 Å². The molecule has 0 amide bonds. The Kier molecular flexibility index (Phi) is 12.6. The Bertz CT molecular complexity index is 1020. The molecule has 0 bridgehead atoms. The number of benzene rings is 4. The van der Waals surface area contributed by atoms with Gasteiger partial charge in [0.05, 0.1) is 11.9 Å². The Balaban J connectivity index is 0. The number of hydrogen-bond acceptors (Lipinski definition) is 4.